The Hall–Kier alpha value is -0.980. The molecule has 0 fully saturated rings. The van der Waals surface area contributed by atoms with E-state index >= 15 is 0 Å². The first kappa shape index (κ1) is 3.96. The van der Waals surface area contributed by atoms with Crippen molar-refractivity contribution >= 4 is 0 Å². The van der Waals surface area contributed by atoms with Gasteiger partial charge in [-0.2, -0.15) is 0 Å². The van der Waals surface area contributed by atoms with Gasteiger partial charge in [-0.1, -0.05) is 18.2 Å². The van der Waals surface area contributed by atoms with Crippen LogP contribution in [0.3, 0.4) is 0 Å². The predicted molar refractivity (Wildman–Crippen MR) is 32.8 cm³/mol. The summed E-state index contributed by atoms with van der Waals surface area (Å²) in [6.45, 7) is 1.72. The molecule has 1 aromatic carbocycles. The highest BCUT2D eigenvalue weighted by atomic mass is 16.3. The zero-order valence-corrected chi connectivity index (χ0v) is 4.68. The Bertz CT molecular complexity index is 200. The Morgan fingerprint density at radius 1 is 1.62 bits per heavy atom. The number of hydrogen-bond acceptors (Lipinski definition) is 1. The van der Waals surface area contributed by atoms with Gasteiger partial charge in [0.2, 0.25) is 0 Å². The average molecular weight is 109 g/mol. The molecule has 0 bridgehead atoms. The van der Waals surface area contributed by atoms with E-state index in [2.05, 4.69) is 0 Å². The fourth-order valence-corrected chi connectivity index (χ4v) is 0.511. The normalized spacial score (nSPS) is 10.9. The van der Waals surface area contributed by atoms with Crippen LogP contribution in [0.5, 0.6) is 5.75 Å². The van der Waals surface area contributed by atoms with Crippen molar-refractivity contribution < 1.29 is 6.48 Å². The van der Waals surface area contributed by atoms with Gasteiger partial charge in [-0.3, -0.25) is 0 Å². The van der Waals surface area contributed by atoms with Gasteiger partial charge in [0.1, 0.15) is 5.75 Å². The molecule has 0 amide bonds. The third-order valence-electron chi connectivity index (χ3n) is 1.03. The quantitative estimate of drug-likeness (QED) is 0.537. The minimum atomic E-state index is 0.197. The smallest absolute Gasteiger partial charge is 0.118 e. The maximum absolute atomic E-state index is 8.98. The lowest BCUT2D eigenvalue weighted by Crippen LogP contribution is -1.68. The molecule has 1 nitrogen and oxygen atoms in total. The molecular weight excluding hydrogens is 100 g/mol. The minimum absolute atomic E-state index is 0.197. The first-order valence-electron chi connectivity index (χ1n) is 2.97. The van der Waals surface area contributed by atoms with E-state index < -0.39 is 0 Å². The number of rotatable bonds is 0. The molecule has 0 aliphatic rings. The third kappa shape index (κ3) is 0.808. The second-order valence-electron chi connectivity index (χ2n) is 1.68. The number of hydrogen-bond donors (Lipinski definition) is 1. The molecule has 1 aromatic rings. The van der Waals surface area contributed by atoms with Crippen LogP contribution in [0, 0.1) is 6.92 Å². The van der Waals surface area contributed by atoms with Crippen LogP contribution in [-0.4, -0.2) is 5.11 Å². The summed E-state index contributed by atoms with van der Waals surface area (Å²) in [5, 5.41) is 8.98. The SMILES string of the molecule is [2H]c1cccc(O)c1C. The zero-order chi connectivity index (χ0) is 6.85. The molecule has 8 heavy (non-hydrogen) atoms. The van der Waals surface area contributed by atoms with Crippen LogP contribution < -0.4 is 0 Å². The molecule has 0 aliphatic heterocycles. The fourth-order valence-electron chi connectivity index (χ4n) is 0.511. The monoisotopic (exact) mass is 109 g/mol. The molecule has 1 heteroatoms. The molecule has 0 aromatic heterocycles. The summed E-state index contributed by atoms with van der Waals surface area (Å²) < 4.78 is 7.20. The van der Waals surface area contributed by atoms with Crippen molar-refractivity contribution in [3.05, 3.63) is 29.8 Å². The third-order valence-corrected chi connectivity index (χ3v) is 1.03. The van der Waals surface area contributed by atoms with Crippen molar-refractivity contribution in [2.75, 3.05) is 0 Å². The van der Waals surface area contributed by atoms with E-state index in [0.717, 1.165) is 0 Å². The summed E-state index contributed by atoms with van der Waals surface area (Å²) in [6.07, 6.45) is 0. The second kappa shape index (κ2) is 1.86. The molecule has 0 spiro atoms. The molecule has 0 unspecified atom stereocenters. The Kier molecular flexibility index (Phi) is 0.922. The van der Waals surface area contributed by atoms with E-state index in [0.29, 0.717) is 11.6 Å². The van der Waals surface area contributed by atoms with Gasteiger partial charge in [-0.05, 0) is 18.6 Å². The molecule has 0 radical (unpaired) electrons. The van der Waals surface area contributed by atoms with E-state index in [-0.39, 0.29) is 5.75 Å². The van der Waals surface area contributed by atoms with E-state index in [1.165, 1.54) is 0 Å². The average Bonchev–Trinajstić information content (AvgIpc) is 1.83. The first-order valence-corrected chi connectivity index (χ1v) is 2.47. The number of aromatic hydroxyl groups is 1. The second-order valence-corrected chi connectivity index (χ2v) is 1.68. The van der Waals surface area contributed by atoms with Gasteiger partial charge in [-0.25, -0.2) is 0 Å². The predicted octanol–water partition coefficient (Wildman–Crippen LogP) is 1.70. The Labute approximate surface area is 50.0 Å². The maximum Gasteiger partial charge on any atom is 0.118 e. The molecule has 0 saturated carbocycles. The van der Waals surface area contributed by atoms with Crippen LogP contribution in [0.4, 0.5) is 0 Å². The minimum Gasteiger partial charge on any atom is -0.508 e. The van der Waals surface area contributed by atoms with Gasteiger partial charge in [0.25, 0.3) is 0 Å². The maximum atomic E-state index is 8.98. The van der Waals surface area contributed by atoms with Crippen molar-refractivity contribution in [1.82, 2.24) is 0 Å². The summed E-state index contributed by atoms with van der Waals surface area (Å²) >= 11 is 0. The first-order chi connectivity index (χ1) is 4.22. The molecule has 0 aliphatic carbocycles. The highest BCUT2D eigenvalue weighted by Gasteiger charge is 1.86. The number of phenols is 1. The van der Waals surface area contributed by atoms with E-state index in [9.17, 15) is 0 Å². The summed E-state index contributed by atoms with van der Waals surface area (Å²) in [7, 11) is 0. The van der Waals surface area contributed by atoms with Gasteiger partial charge in [0.05, 0.1) is 1.37 Å². The number of phenolic OH excluding ortho intramolecular Hbond substituents is 1. The van der Waals surface area contributed by atoms with Crippen LogP contribution in [0.25, 0.3) is 0 Å². The largest absolute Gasteiger partial charge is 0.508 e. The van der Waals surface area contributed by atoms with Gasteiger partial charge in [-0.15, -0.1) is 0 Å². The fraction of sp³-hybridized carbons (Fsp3) is 0.143. The highest BCUT2D eigenvalue weighted by molar-refractivity contribution is 5.29. The van der Waals surface area contributed by atoms with Crippen molar-refractivity contribution in [2.45, 2.75) is 6.92 Å². The highest BCUT2D eigenvalue weighted by Crippen LogP contribution is 2.12. The molecule has 0 saturated heterocycles. The summed E-state index contributed by atoms with van der Waals surface area (Å²) in [5.74, 6) is 0.197. The van der Waals surface area contributed by atoms with Crippen LogP contribution in [0.15, 0.2) is 24.2 Å². The van der Waals surface area contributed by atoms with Crippen molar-refractivity contribution in [1.29, 1.82) is 0 Å². The molecule has 0 heterocycles. The summed E-state index contributed by atoms with van der Waals surface area (Å²) in [5.41, 5.74) is 0.637. The standard InChI is InChI=1S/C7H8O/c1-6-4-2-3-5-7(6)8/h2-5,8H,1H3/i4D. The molecule has 1 N–H and O–H groups in total. The van der Waals surface area contributed by atoms with Crippen molar-refractivity contribution in [2.24, 2.45) is 0 Å². The van der Waals surface area contributed by atoms with Crippen LogP contribution in [-0.2, 0) is 0 Å². The lowest BCUT2D eigenvalue weighted by molar-refractivity contribution is 0.471. The molecule has 0 atom stereocenters. The Morgan fingerprint density at radius 3 is 2.88 bits per heavy atom. The summed E-state index contributed by atoms with van der Waals surface area (Å²) in [4.78, 5) is 0. The molecule has 1 rings (SSSR count). The van der Waals surface area contributed by atoms with Gasteiger partial charge >= 0.3 is 0 Å². The Balaban J connectivity index is 3.25. The van der Waals surface area contributed by atoms with Gasteiger partial charge in [0.15, 0.2) is 0 Å². The van der Waals surface area contributed by atoms with E-state index in [1.807, 2.05) is 0 Å². The Morgan fingerprint density at radius 2 is 2.38 bits per heavy atom. The topological polar surface area (TPSA) is 20.2 Å². The van der Waals surface area contributed by atoms with Crippen LogP contribution in [0.2, 0.25) is 0 Å². The van der Waals surface area contributed by atoms with Crippen molar-refractivity contribution in [3.63, 3.8) is 0 Å². The van der Waals surface area contributed by atoms with E-state index in [1.54, 1.807) is 25.1 Å². The van der Waals surface area contributed by atoms with Crippen LogP contribution >= 0.6 is 0 Å². The van der Waals surface area contributed by atoms with Crippen molar-refractivity contribution in [3.8, 4) is 5.75 Å². The molecule has 42 valence electrons. The molecular formula is C7H8O. The van der Waals surface area contributed by atoms with Crippen LogP contribution in [0.1, 0.15) is 6.93 Å². The number of benzene rings is 1. The lowest BCUT2D eigenvalue weighted by Gasteiger charge is -1.92. The van der Waals surface area contributed by atoms with Gasteiger partial charge < -0.3 is 5.11 Å². The summed E-state index contributed by atoms with van der Waals surface area (Å²) in [6, 6.07) is 5.27. The lowest BCUT2D eigenvalue weighted by atomic mass is 10.2. The number of para-hydroxylation sites is 1. The van der Waals surface area contributed by atoms with Gasteiger partial charge in [0, 0.05) is 0 Å². The van der Waals surface area contributed by atoms with E-state index in [4.69, 9.17) is 6.48 Å². The zero-order valence-electron chi connectivity index (χ0n) is 5.68.